The highest BCUT2D eigenvalue weighted by molar-refractivity contribution is 5.80. The number of carbonyl (C=O) groups is 1. The molecule has 0 amide bonds. The fourth-order valence-electron chi connectivity index (χ4n) is 4.38. The number of fused-ring (bicyclic) bond motifs is 2. The summed E-state index contributed by atoms with van der Waals surface area (Å²) in [5.74, 6) is 1.58. The lowest BCUT2D eigenvalue weighted by atomic mass is 9.85. The minimum atomic E-state index is -0.114. The van der Waals surface area contributed by atoms with Crippen LogP contribution in [0.25, 0.3) is 0 Å². The molecule has 0 saturated heterocycles. The second-order valence-electron chi connectivity index (χ2n) is 7.74. The SMILES string of the molecule is Cc1ccccc1CCC(=O)CC1c2c(cc3c(c2CO)OCO3)CCN1C. The summed E-state index contributed by atoms with van der Waals surface area (Å²) in [4.78, 5) is 15.1. The van der Waals surface area contributed by atoms with Gasteiger partial charge in [-0.15, -0.1) is 0 Å². The highest BCUT2D eigenvalue weighted by atomic mass is 16.7. The van der Waals surface area contributed by atoms with Gasteiger partial charge in [0.15, 0.2) is 11.5 Å². The summed E-state index contributed by atoms with van der Waals surface area (Å²) < 4.78 is 11.1. The molecule has 2 heterocycles. The predicted molar refractivity (Wildman–Crippen MR) is 107 cm³/mol. The van der Waals surface area contributed by atoms with Gasteiger partial charge in [0, 0.05) is 31.0 Å². The van der Waals surface area contributed by atoms with Gasteiger partial charge in [-0.25, -0.2) is 0 Å². The molecule has 2 aliphatic rings. The molecule has 0 radical (unpaired) electrons. The molecule has 2 aromatic carbocycles. The lowest BCUT2D eigenvalue weighted by molar-refractivity contribution is -0.120. The van der Waals surface area contributed by atoms with E-state index in [0.29, 0.717) is 24.3 Å². The maximum absolute atomic E-state index is 12.8. The number of ketones is 1. The Morgan fingerprint density at radius 2 is 2.11 bits per heavy atom. The molecule has 1 unspecified atom stereocenters. The maximum Gasteiger partial charge on any atom is 0.231 e. The molecule has 2 aliphatic heterocycles. The first kappa shape index (κ1) is 19.0. The number of aliphatic hydroxyl groups excluding tert-OH is 1. The van der Waals surface area contributed by atoms with Crippen molar-refractivity contribution in [1.82, 2.24) is 4.90 Å². The third-order valence-electron chi connectivity index (χ3n) is 6.00. The van der Waals surface area contributed by atoms with E-state index in [9.17, 15) is 9.90 Å². The van der Waals surface area contributed by atoms with Gasteiger partial charge >= 0.3 is 0 Å². The second-order valence-corrected chi connectivity index (χ2v) is 7.74. The van der Waals surface area contributed by atoms with Gasteiger partial charge in [0.25, 0.3) is 0 Å². The van der Waals surface area contributed by atoms with Crippen LogP contribution in [0.3, 0.4) is 0 Å². The number of Topliss-reactive ketones (excluding diaryl/α,β-unsaturated/α-hetero) is 1. The fraction of sp³-hybridized carbons (Fsp3) is 0.435. The van der Waals surface area contributed by atoms with Crippen molar-refractivity contribution >= 4 is 5.78 Å². The summed E-state index contributed by atoms with van der Waals surface area (Å²) >= 11 is 0. The predicted octanol–water partition coefficient (Wildman–Crippen LogP) is 3.34. The number of hydrogen-bond acceptors (Lipinski definition) is 5. The number of benzene rings is 2. The Labute approximate surface area is 165 Å². The lowest BCUT2D eigenvalue weighted by Crippen LogP contribution is -2.34. The molecule has 0 fully saturated rings. The molecule has 0 spiro atoms. The third kappa shape index (κ3) is 3.52. The molecule has 0 bridgehead atoms. The van der Waals surface area contributed by atoms with Crippen molar-refractivity contribution in [2.75, 3.05) is 20.4 Å². The fourth-order valence-corrected chi connectivity index (χ4v) is 4.38. The quantitative estimate of drug-likeness (QED) is 0.832. The van der Waals surface area contributed by atoms with Crippen molar-refractivity contribution in [3.8, 4) is 11.5 Å². The third-order valence-corrected chi connectivity index (χ3v) is 6.00. The summed E-state index contributed by atoms with van der Waals surface area (Å²) in [6, 6.07) is 10.2. The first-order chi connectivity index (χ1) is 13.6. The number of ether oxygens (including phenoxy) is 2. The van der Waals surface area contributed by atoms with E-state index in [1.54, 1.807) is 0 Å². The molecule has 4 rings (SSSR count). The van der Waals surface area contributed by atoms with Crippen LogP contribution < -0.4 is 9.47 Å². The first-order valence-corrected chi connectivity index (χ1v) is 9.90. The Morgan fingerprint density at radius 1 is 1.29 bits per heavy atom. The van der Waals surface area contributed by atoms with Crippen LogP contribution in [-0.4, -0.2) is 36.2 Å². The van der Waals surface area contributed by atoms with Crippen LogP contribution in [0, 0.1) is 6.92 Å². The number of aliphatic hydroxyl groups is 1. The van der Waals surface area contributed by atoms with Gasteiger partial charge in [-0.05, 0) is 55.1 Å². The van der Waals surface area contributed by atoms with Crippen LogP contribution in [0.15, 0.2) is 30.3 Å². The van der Waals surface area contributed by atoms with E-state index < -0.39 is 0 Å². The minimum absolute atomic E-state index is 0.0372. The highest BCUT2D eigenvalue weighted by Crippen LogP contribution is 2.45. The van der Waals surface area contributed by atoms with E-state index in [0.717, 1.165) is 36.1 Å². The van der Waals surface area contributed by atoms with Crippen molar-refractivity contribution in [3.05, 3.63) is 58.1 Å². The zero-order valence-corrected chi connectivity index (χ0v) is 16.5. The van der Waals surface area contributed by atoms with Crippen molar-refractivity contribution < 1.29 is 19.4 Å². The van der Waals surface area contributed by atoms with Crippen molar-refractivity contribution in [3.63, 3.8) is 0 Å². The van der Waals surface area contributed by atoms with Crippen LogP contribution in [0.5, 0.6) is 11.5 Å². The van der Waals surface area contributed by atoms with Crippen LogP contribution >= 0.6 is 0 Å². The molecule has 28 heavy (non-hydrogen) atoms. The average molecular weight is 381 g/mol. The first-order valence-electron chi connectivity index (χ1n) is 9.90. The van der Waals surface area contributed by atoms with E-state index in [1.807, 2.05) is 25.2 Å². The normalized spacial score (nSPS) is 18.2. The molecule has 0 aromatic heterocycles. The number of nitrogens with zero attached hydrogens (tertiary/aromatic N) is 1. The van der Waals surface area contributed by atoms with E-state index in [4.69, 9.17) is 9.47 Å². The van der Waals surface area contributed by atoms with Gasteiger partial charge in [0.05, 0.1) is 6.61 Å². The molecule has 5 nitrogen and oxygen atoms in total. The number of rotatable bonds is 6. The molecular weight excluding hydrogens is 354 g/mol. The maximum atomic E-state index is 12.8. The molecule has 148 valence electrons. The van der Waals surface area contributed by atoms with Crippen molar-refractivity contribution in [2.24, 2.45) is 0 Å². The Balaban J connectivity index is 1.55. The molecular formula is C23H27NO4. The van der Waals surface area contributed by atoms with E-state index in [2.05, 4.69) is 24.0 Å². The Kier molecular flexibility index (Phi) is 5.38. The highest BCUT2D eigenvalue weighted by Gasteiger charge is 2.33. The molecule has 0 aliphatic carbocycles. The largest absolute Gasteiger partial charge is 0.454 e. The Bertz CT molecular complexity index is 892. The van der Waals surface area contributed by atoms with Gasteiger partial charge < -0.3 is 14.6 Å². The molecule has 1 atom stereocenters. The topological polar surface area (TPSA) is 59.0 Å². The molecule has 5 heteroatoms. The lowest BCUT2D eigenvalue weighted by Gasteiger charge is -2.36. The van der Waals surface area contributed by atoms with Gasteiger partial charge in [0.1, 0.15) is 5.78 Å². The van der Waals surface area contributed by atoms with Gasteiger partial charge in [-0.3, -0.25) is 9.69 Å². The number of likely N-dealkylation sites (N-methyl/N-ethyl adjacent to an activating group) is 1. The average Bonchev–Trinajstić information content (AvgIpc) is 3.16. The van der Waals surface area contributed by atoms with Crippen molar-refractivity contribution in [1.29, 1.82) is 0 Å². The zero-order valence-electron chi connectivity index (χ0n) is 16.5. The van der Waals surface area contributed by atoms with E-state index in [1.165, 1.54) is 11.1 Å². The number of aryl methyl sites for hydroxylation is 2. The molecule has 1 N–H and O–H groups in total. The van der Waals surface area contributed by atoms with Crippen LogP contribution in [0.4, 0.5) is 0 Å². The monoisotopic (exact) mass is 381 g/mol. The van der Waals surface area contributed by atoms with Gasteiger partial charge in [-0.1, -0.05) is 24.3 Å². The Hall–Kier alpha value is -2.37. The van der Waals surface area contributed by atoms with Gasteiger partial charge in [-0.2, -0.15) is 0 Å². The van der Waals surface area contributed by atoms with Crippen LogP contribution in [-0.2, 0) is 24.2 Å². The van der Waals surface area contributed by atoms with Crippen LogP contribution in [0.2, 0.25) is 0 Å². The Morgan fingerprint density at radius 3 is 2.89 bits per heavy atom. The molecule has 0 saturated carbocycles. The van der Waals surface area contributed by atoms with Crippen molar-refractivity contribution in [2.45, 2.75) is 45.3 Å². The van der Waals surface area contributed by atoms with Gasteiger partial charge in [0.2, 0.25) is 6.79 Å². The summed E-state index contributed by atoms with van der Waals surface area (Å²) in [7, 11) is 2.05. The zero-order chi connectivity index (χ0) is 19.7. The summed E-state index contributed by atoms with van der Waals surface area (Å²) in [5, 5.41) is 10.0. The summed E-state index contributed by atoms with van der Waals surface area (Å²) in [6.07, 6.45) is 2.62. The number of hydrogen-bond donors (Lipinski definition) is 1. The van der Waals surface area contributed by atoms with E-state index >= 15 is 0 Å². The van der Waals surface area contributed by atoms with E-state index in [-0.39, 0.29) is 25.2 Å². The second kappa shape index (κ2) is 7.94. The standard InChI is InChI=1S/C23H27NO4/c1-15-5-3-4-6-16(15)7-8-18(26)12-20-22-17(9-10-24(20)2)11-21-23(19(22)13-25)28-14-27-21/h3-6,11,20,25H,7-10,12-14H2,1-2H3. The number of carbonyl (C=O) groups excluding carboxylic acids is 1. The molecule has 2 aromatic rings. The summed E-state index contributed by atoms with van der Waals surface area (Å²) in [5.41, 5.74) is 5.43. The smallest absolute Gasteiger partial charge is 0.231 e. The van der Waals surface area contributed by atoms with Crippen LogP contribution in [0.1, 0.15) is 46.7 Å². The minimum Gasteiger partial charge on any atom is -0.454 e. The summed E-state index contributed by atoms with van der Waals surface area (Å²) in [6.45, 7) is 3.03.